The Labute approximate surface area is 118 Å². The van der Waals surface area contributed by atoms with E-state index in [-0.39, 0.29) is 13.1 Å². The maximum Gasteiger partial charge on any atom is 0.317 e. The molecule has 0 atom stereocenters. The lowest BCUT2D eigenvalue weighted by atomic mass is 10.2. The zero-order valence-corrected chi connectivity index (χ0v) is 12.0. The lowest BCUT2D eigenvalue weighted by Gasteiger charge is -2.17. The highest BCUT2D eigenvalue weighted by atomic mass is 16.4. The van der Waals surface area contributed by atoms with Crippen molar-refractivity contribution < 1.29 is 14.7 Å². The predicted molar refractivity (Wildman–Crippen MR) is 74.0 cm³/mol. The third-order valence-electron chi connectivity index (χ3n) is 3.10. The summed E-state index contributed by atoms with van der Waals surface area (Å²) in [5, 5.41) is 13.3. The quantitative estimate of drug-likeness (QED) is 0.691. The molecular formula is C13H22N4O3. The molecule has 1 amide bonds. The van der Waals surface area contributed by atoms with E-state index in [0.29, 0.717) is 12.6 Å². The van der Waals surface area contributed by atoms with Gasteiger partial charge in [0.1, 0.15) is 0 Å². The predicted octanol–water partition coefficient (Wildman–Crippen LogP) is 0.616. The number of aromatic nitrogens is 2. The molecule has 0 bridgehead atoms. The van der Waals surface area contributed by atoms with Gasteiger partial charge in [0.2, 0.25) is 5.91 Å². The Kier molecular flexibility index (Phi) is 6.17. The van der Waals surface area contributed by atoms with E-state index in [1.54, 1.807) is 0 Å². The Morgan fingerprint density at radius 1 is 1.40 bits per heavy atom. The molecule has 1 aromatic rings. The number of primary amides is 1. The van der Waals surface area contributed by atoms with Gasteiger partial charge in [-0.15, -0.1) is 0 Å². The van der Waals surface area contributed by atoms with Crippen molar-refractivity contribution in [2.75, 3.05) is 13.1 Å². The van der Waals surface area contributed by atoms with Gasteiger partial charge < -0.3 is 10.8 Å². The first-order valence-electron chi connectivity index (χ1n) is 6.72. The smallest absolute Gasteiger partial charge is 0.317 e. The van der Waals surface area contributed by atoms with Gasteiger partial charge in [-0.2, -0.15) is 5.10 Å². The van der Waals surface area contributed by atoms with Gasteiger partial charge in [0.15, 0.2) is 0 Å². The summed E-state index contributed by atoms with van der Waals surface area (Å²) in [5.74, 6) is -1.55. The summed E-state index contributed by atoms with van der Waals surface area (Å²) in [6.45, 7) is 4.16. The van der Waals surface area contributed by atoms with Crippen molar-refractivity contribution in [3.8, 4) is 0 Å². The van der Waals surface area contributed by atoms with Crippen LogP contribution in [0.5, 0.6) is 0 Å². The van der Waals surface area contributed by atoms with E-state index in [2.05, 4.69) is 18.9 Å². The molecule has 112 valence electrons. The van der Waals surface area contributed by atoms with Crippen LogP contribution in [-0.2, 0) is 16.1 Å². The number of nitrogens with two attached hydrogens (primary N) is 1. The molecule has 3 N–H and O–H groups in total. The minimum atomic E-state index is -0.995. The van der Waals surface area contributed by atoms with Crippen molar-refractivity contribution in [3.63, 3.8) is 0 Å². The van der Waals surface area contributed by atoms with Gasteiger partial charge >= 0.3 is 5.97 Å². The van der Waals surface area contributed by atoms with E-state index in [0.717, 1.165) is 18.5 Å². The molecule has 1 aromatic heterocycles. The minimum Gasteiger partial charge on any atom is -0.480 e. The molecule has 0 aliphatic heterocycles. The Morgan fingerprint density at radius 2 is 2.05 bits per heavy atom. The maximum absolute atomic E-state index is 10.9. The number of carbonyl (C=O) groups excluding carboxylic acids is 1. The summed E-state index contributed by atoms with van der Waals surface area (Å²) in [5.41, 5.74) is 5.86. The van der Waals surface area contributed by atoms with E-state index >= 15 is 0 Å². The maximum atomic E-state index is 10.9. The standard InChI is InChI=1S/C13H22N4O3/c1-3-11(4-2)17-6-5-10(15-17)7-16(8-12(14)18)9-13(19)20/h5-6,11H,3-4,7-9H2,1-2H3,(H2,14,18)(H,19,20). The monoisotopic (exact) mass is 282 g/mol. The van der Waals surface area contributed by atoms with Crippen LogP contribution in [-0.4, -0.2) is 44.8 Å². The topological polar surface area (TPSA) is 101 Å². The van der Waals surface area contributed by atoms with Crippen LogP contribution in [0.3, 0.4) is 0 Å². The van der Waals surface area contributed by atoms with Crippen LogP contribution in [0.1, 0.15) is 38.4 Å². The number of aliphatic carboxylic acids is 1. The molecule has 20 heavy (non-hydrogen) atoms. The van der Waals surface area contributed by atoms with Crippen molar-refractivity contribution in [2.45, 2.75) is 39.3 Å². The minimum absolute atomic E-state index is 0.0931. The Morgan fingerprint density at radius 3 is 2.55 bits per heavy atom. The van der Waals surface area contributed by atoms with Crippen LogP contribution in [0.4, 0.5) is 0 Å². The highest BCUT2D eigenvalue weighted by Gasteiger charge is 2.15. The first-order valence-corrected chi connectivity index (χ1v) is 6.72. The summed E-state index contributed by atoms with van der Waals surface area (Å²) in [4.78, 5) is 23.2. The molecule has 0 saturated heterocycles. The molecule has 0 aliphatic carbocycles. The van der Waals surface area contributed by atoms with Gasteiger partial charge in [-0.1, -0.05) is 13.8 Å². The average Bonchev–Trinajstić information content (AvgIpc) is 2.77. The summed E-state index contributed by atoms with van der Waals surface area (Å²) < 4.78 is 1.89. The molecule has 1 rings (SSSR count). The van der Waals surface area contributed by atoms with Gasteiger partial charge in [0.25, 0.3) is 0 Å². The number of rotatable bonds is 9. The molecule has 1 heterocycles. The molecule has 7 heteroatoms. The molecule has 0 spiro atoms. The van der Waals surface area contributed by atoms with Crippen LogP contribution >= 0.6 is 0 Å². The average molecular weight is 282 g/mol. The van der Waals surface area contributed by atoms with E-state index in [4.69, 9.17) is 10.8 Å². The van der Waals surface area contributed by atoms with Crippen LogP contribution < -0.4 is 5.73 Å². The number of carbonyl (C=O) groups is 2. The van der Waals surface area contributed by atoms with Crippen molar-refractivity contribution in [1.82, 2.24) is 14.7 Å². The van der Waals surface area contributed by atoms with E-state index < -0.39 is 11.9 Å². The SMILES string of the molecule is CCC(CC)n1ccc(CN(CC(N)=O)CC(=O)O)n1. The largest absolute Gasteiger partial charge is 0.480 e. The third-order valence-corrected chi connectivity index (χ3v) is 3.10. The van der Waals surface area contributed by atoms with Crippen molar-refractivity contribution >= 4 is 11.9 Å². The third kappa shape index (κ3) is 5.00. The zero-order chi connectivity index (χ0) is 15.1. The van der Waals surface area contributed by atoms with Gasteiger partial charge in [-0.05, 0) is 18.9 Å². The van der Waals surface area contributed by atoms with E-state index in [1.165, 1.54) is 4.90 Å². The van der Waals surface area contributed by atoms with Crippen LogP contribution in [0.2, 0.25) is 0 Å². The van der Waals surface area contributed by atoms with Crippen LogP contribution in [0.25, 0.3) is 0 Å². The second-order valence-corrected chi connectivity index (χ2v) is 4.76. The normalized spacial score (nSPS) is 11.2. The first kappa shape index (κ1) is 16.2. The van der Waals surface area contributed by atoms with E-state index in [9.17, 15) is 9.59 Å². The van der Waals surface area contributed by atoms with Gasteiger partial charge in [-0.25, -0.2) is 0 Å². The molecule has 7 nitrogen and oxygen atoms in total. The summed E-state index contributed by atoms with van der Waals surface area (Å²) in [6, 6.07) is 2.18. The Hall–Kier alpha value is -1.89. The number of hydrogen-bond donors (Lipinski definition) is 2. The number of carboxylic acids is 1. The molecule has 0 radical (unpaired) electrons. The number of amides is 1. The summed E-state index contributed by atoms with van der Waals surface area (Å²) in [7, 11) is 0. The van der Waals surface area contributed by atoms with Crippen LogP contribution in [0, 0.1) is 0 Å². The Balaban J connectivity index is 2.73. The molecule has 0 fully saturated rings. The number of nitrogens with zero attached hydrogens (tertiary/aromatic N) is 3. The molecule has 0 saturated carbocycles. The summed E-state index contributed by atoms with van der Waals surface area (Å²) in [6.07, 6.45) is 3.85. The molecule has 0 aliphatic rings. The fraction of sp³-hybridized carbons (Fsp3) is 0.615. The fourth-order valence-electron chi connectivity index (χ4n) is 2.14. The number of hydrogen-bond acceptors (Lipinski definition) is 4. The zero-order valence-electron chi connectivity index (χ0n) is 12.0. The lowest BCUT2D eigenvalue weighted by molar-refractivity contribution is -0.138. The van der Waals surface area contributed by atoms with Crippen LogP contribution in [0.15, 0.2) is 12.3 Å². The van der Waals surface area contributed by atoms with Crippen molar-refractivity contribution in [3.05, 3.63) is 18.0 Å². The summed E-state index contributed by atoms with van der Waals surface area (Å²) >= 11 is 0. The lowest BCUT2D eigenvalue weighted by Crippen LogP contribution is -2.37. The highest BCUT2D eigenvalue weighted by molar-refractivity contribution is 5.77. The Bertz CT molecular complexity index is 438. The molecule has 0 aromatic carbocycles. The van der Waals surface area contributed by atoms with Crippen molar-refractivity contribution in [1.29, 1.82) is 0 Å². The molecule has 0 unspecified atom stereocenters. The second-order valence-electron chi connectivity index (χ2n) is 4.76. The fourth-order valence-corrected chi connectivity index (χ4v) is 2.14. The second kappa shape index (κ2) is 7.64. The van der Waals surface area contributed by atoms with E-state index in [1.807, 2.05) is 16.9 Å². The van der Waals surface area contributed by atoms with Gasteiger partial charge in [0.05, 0.1) is 24.8 Å². The van der Waals surface area contributed by atoms with Crippen molar-refractivity contribution in [2.24, 2.45) is 5.73 Å². The highest BCUT2D eigenvalue weighted by Crippen LogP contribution is 2.15. The van der Waals surface area contributed by atoms with Gasteiger partial charge in [-0.3, -0.25) is 19.2 Å². The first-order chi connectivity index (χ1) is 9.46. The molecular weight excluding hydrogens is 260 g/mol. The van der Waals surface area contributed by atoms with Gasteiger partial charge in [0, 0.05) is 12.7 Å². The number of carboxylic acid groups (broad SMARTS) is 1.